The molecule has 0 saturated carbocycles. The predicted octanol–water partition coefficient (Wildman–Crippen LogP) is 1.46. The van der Waals surface area contributed by atoms with Crippen molar-refractivity contribution in [2.24, 2.45) is 11.7 Å². The van der Waals surface area contributed by atoms with Crippen LogP contribution in [0.4, 0.5) is 0 Å². The van der Waals surface area contributed by atoms with Crippen molar-refractivity contribution in [3.05, 3.63) is 28.8 Å². The molecule has 2 saturated heterocycles. The van der Waals surface area contributed by atoms with Crippen molar-refractivity contribution >= 4 is 21.4 Å². The van der Waals surface area contributed by atoms with Crippen molar-refractivity contribution in [2.45, 2.75) is 22.6 Å². The highest BCUT2D eigenvalue weighted by Crippen LogP contribution is 2.37. The number of nitrogens with zero attached hydrogens (tertiary/aromatic N) is 1. The molecule has 2 N–H and O–H groups in total. The van der Waals surface area contributed by atoms with Crippen LogP contribution in [0, 0.1) is 5.92 Å². The van der Waals surface area contributed by atoms with Gasteiger partial charge in [0, 0.05) is 12.6 Å². The number of halogens is 1. The second-order valence-corrected chi connectivity index (χ2v) is 8.79. The fourth-order valence-electron chi connectivity index (χ4n) is 3.19. The van der Waals surface area contributed by atoms with E-state index in [9.17, 15) is 8.42 Å². The zero-order chi connectivity index (χ0) is 15.9. The standard InChI is InChI=1S/C15H21ClN2O3S/c1-18-7-10(6-17)4-14(18)11-2-3-15(13(16)5-11)22(19,20)12-8-21-9-12/h2-3,5,10,12,14H,4,6-9,17H2,1H3. The minimum absolute atomic E-state index is 0.210. The lowest BCUT2D eigenvalue weighted by Gasteiger charge is -2.26. The van der Waals surface area contributed by atoms with E-state index in [-0.39, 0.29) is 24.2 Å². The first kappa shape index (κ1) is 16.2. The molecule has 2 heterocycles. The summed E-state index contributed by atoms with van der Waals surface area (Å²) in [5.74, 6) is 0.476. The maximum absolute atomic E-state index is 12.4. The molecule has 3 rings (SSSR count). The van der Waals surface area contributed by atoms with E-state index in [1.807, 2.05) is 6.07 Å². The van der Waals surface area contributed by atoms with E-state index in [4.69, 9.17) is 22.1 Å². The number of likely N-dealkylation sites (tertiary alicyclic amines) is 1. The molecule has 2 aliphatic heterocycles. The lowest BCUT2D eigenvalue weighted by atomic mass is 10.00. The summed E-state index contributed by atoms with van der Waals surface area (Å²) < 4.78 is 29.9. The number of hydrogen-bond donors (Lipinski definition) is 1. The summed E-state index contributed by atoms with van der Waals surface area (Å²) in [4.78, 5) is 2.46. The molecular weight excluding hydrogens is 324 g/mol. The average Bonchev–Trinajstić information content (AvgIpc) is 2.77. The topological polar surface area (TPSA) is 72.6 Å². The van der Waals surface area contributed by atoms with Gasteiger partial charge >= 0.3 is 0 Å². The number of rotatable bonds is 4. The maximum atomic E-state index is 12.4. The molecule has 2 atom stereocenters. The number of benzene rings is 1. The quantitative estimate of drug-likeness (QED) is 0.895. The van der Waals surface area contributed by atoms with E-state index in [2.05, 4.69) is 11.9 Å². The Hall–Kier alpha value is -0.660. The Morgan fingerprint density at radius 1 is 1.41 bits per heavy atom. The highest BCUT2D eigenvalue weighted by atomic mass is 35.5. The van der Waals surface area contributed by atoms with Crippen LogP contribution >= 0.6 is 11.6 Å². The number of ether oxygens (including phenoxy) is 1. The van der Waals surface area contributed by atoms with E-state index in [1.165, 1.54) is 0 Å². The molecule has 0 spiro atoms. The van der Waals surface area contributed by atoms with E-state index >= 15 is 0 Å². The van der Waals surface area contributed by atoms with Gasteiger partial charge in [-0.15, -0.1) is 0 Å². The Labute approximate surface area is 136 Å². The minimum Gasteiger partial charge on any atom is -0.379 e. The van der Waals surface area contributed by atoms with Crippen molar-refractivity contribution in [2.75, 3.05) is 33.4 Å². The molecule has 2 aliphatic rings. The van der Waals surface area contributed by atoms with Gasteiger partial charge in [-0.3, -0.25) is 4.90 Å². The van der Waals surface area contributed by atoms with Crippen LogP contribution in [-0.4, -0.2) is 51.9 Å². The molecule has 1 aromatic rings. The molecule has 22 heavy (non-hydrogen) atoms. The Balaban J connectivity index is 1.87. The SMILES string of the molecule is CN1CC(CN)CC1c1ccc(S(=O)(=O)C2COC2)c(Cl)c1. The molecule has 122 valence electrons. The Morgan fingerprint density at radius 2 is 2.14 bits per heavy atom. The van der Waals surface area contributed by atoms with Gasteiger partial charge in [0.2, 0.25) is 0 Å². The maximum Gasteiger partial charge on any atom is 0.187 e. The van der Waals surface area contributed by atoms with Crippen LogP contribution in [0.2, 0.25) is 5.02 Å². The van der Waals surface area contributed by atoms with Crippen LogP contribution in [0.3, 0.4) is 0 Å². The summed E-state index contributed by atoms with van der Waals surface area (Å²) in [6.07, 6.45) is 0.978. The van der Waals surface area contributed by atoms with Gasteiger partial charge in [-0.25, -0.2) is 8.42 Å². The van der Waals surface area contributed by atoms with Crippen LogP contribution < -0.4 is 5.73 Å². The van der Waals surface area contributed by atoms with Crippen molar-refractivity contribution < 1.29 is 13.2 Å². The van der Waals surface area contributed by atoms with Crippen LogP contribution in [0.25, 0.3) is 0 Å². The second-order valence-electron chi connectivity index (χ2n) is 6.19. The smallest absolute Gasteiger partial charge is 0.187 e. The largest absolute Gasteiger partial charge is 0.379 e. The number of sulfone groups is 1. The van der Waals surface area contributed by atoms with E-state index in [0.29, 0.717) is 17.5 Å². The monoisotopic (exact) mass is 344 g/mol. The van der Waals surface area contributed by atoms with Gasteiger partial charge in [-0.1, -0.05) is 17.7 Å². The summed E-state index contributed by atoms with van der Waals surface area (Å²) >= 11 is 6.27. The summed E-state index contributed by atoms with van der Waals surface area (Å²) in [6, 6.07) is 5.54. The van der Waals surface area contributed by atoms with E-state index in [1.54, 1.807) is 12.1 Å². The molecule has 0 aromatic heterocycles. The predicted molar refractivity (Wildman–Crippen MR) is 85.8 cm³/mol. The molecule has 5 nitrogen and oxygen atoms in total. The van der Waals surface area contributed by atoms with Crippen molar-refractivity contribution in [1.29, 1.82) is 0 Å². The molecule has 7 heteroatoms. The third-order valence-corrected chi connectivity index (χ3v) is 7.21. The minimum atomic E-state index is -3.39. The highest BCUT2D eigenvalue weighted by Gasteiger charge is 2.36. The normalized spacial score (nSPS) is 27.0. The van der Waals surface area contributed by atoms with Crippen LogP contribution in [0.5, 0.6) is 0 Å². The van der Waals surface area contributed by atoms with Crippen LogP contribution in [0.1, 0.15) is 18.0 Å². The molecule has 0 aliphatic carbocycles. The summed E-state index contributed by atoms with van der Waals surface area (Å²) in [7, 11) is -1.33. The van der Waals surface area contributed by atoms with Gasteiger partial charge in [0.05, 0.1) is 23.1 Å². The number of nitrogens with two attached hydrogens (primary N) is 1. The van der Waals surface area contributed by atoms with Gasteiger partial charge in [0.25, 0.3) is 0 Å². The zero-order valence-corrected chi connectivity index (χ0v) is 14.1. The first-order valence-electron chi connectivity index (χ1n) is 7.45. The van der Waals surface area contributed by atoms with E-state index in [0.717, 1.165) is 18.5 Å². The molecule has 2 fully saturated rings. The third-order valence-electron chi connectivity index (χ3n) is 4.66. The summed E-state index contributed by atoms with van der Waals surface area (Å²) in [5.41, 5.74) is 6.81. The van der Waals surface area contributed by atoms with Crippen LogP contribution in [0.15, 0.2) is 23.1 Å². The second kappa shape index (κ2) is 6.09. The lowest BCUT2D eigenvalue weighted by molar-refractivity contribution is 0.0416. The lowest BCUT2D eigenvalue weighted by Crippen LogP contribution is -2.40. The highest BCUT2D eigenvalue weighted by molar-refractivity contribution is 7.92. The molecule has 2 unspecified atom stereocenters. The molecular formula is C15H21ClN2O3S. The van der Waals surface area contributed by atoms with Gasteiger partial charge in [0.15, 0.2) is 9.84 Å². The first-order valence-corrected chi connectivity index (χ1v) is 9.37. The fraction of sp³-hybridized carbons (Fsp3) is 0.600. The average molecular weight is 345 g/mol. The Bertz CT molecular complexity index is 661. The van der Waals surface area contributed by atoms with Crippen molar-refractivity contribution in [1.82, 2.24) is 4.90 Å². The molecule has 0 amide bonds. The fourth-order valence-corrected chi connectivity index (χ4v) is 5.20. The third kappa shape index (κ3) is 2.78. The molecule has 0 radical (unpaired) electrons. The summed E-state index contributed by atoms with van der Waals surface area (Å²) in [5, 5.41) is -0.166. The van der Waals surface area contributed by atoms with Gasteiger partial charge in [-0.2, -0.15) is 0 Å². The van der Waals surface area contributed by atoms with Gasteiger partial charge in [-0.05, 0) is 43.6 Å². The Morgan fingerprint density at radius 3 is 2.64 bits per heavy atom. The van der Waals surface area contributed by atoms with Crippen molar-refractivity contribution in [3.8, 4) is 0 Å². The van der Waals surface area contributed by atoms with Gasteiger partial charge in [0.1, 0.15) is 5.25 Å². The molecule has 0 bridgehead atoms. The Kier molecular flexibility index (Phi) is 4.49. The number of hydrogen-bond acceptors (Lipinski definition) is 5. The van der Waals surface area contributed by atoms with Crippen molar-refractivity contribution in [3.63, 3.8) is 0 Å². The zero-order valence-electron chi connectivity index (χ0n) is 12.5. The van der Waals surface area contributed by atoms with Gasteiger partial charge < -0.3 is 10.5 Å². The van der Waals surface area contributed by atoms with E-state index < -0.39 is 15.1 Å². The summed E-state index contributed by atoms with van der Waals surface area (Å²) in [6.45, 7) is 2.13. The molecule has 1 aromatic carbocycles. The van der Waals surface area contributed by atoms with Crippen LogP contribution in [-0.2, 0) is 14.6 Å². The first-order chi connectivity index (χ1) is 10.4.